The molecule has 104 valence electrons. The molecule has 0 radical (unpaired) electrons. The summed E-state index contributed by atoms with van der Waals surface area (Å²) in [5.41, 5.74) is 2.03. The summed E-state index contributed by atoms with van der Waals surface area (Å²) in [6, 6.07) is 10.4. The van der Waals surface area contributed by atoms with Crippen molar-refractivity contribution in [3.8, 4) is 0 Å². The minimum atomic E-state index is -3.62. The van der Waals surface area contributed by atoms with E-state index in [-0.39, 0.29) is 10.3 Å². The van der Waals surface area contributed by atoms with Gasteiger partial charge in [0.15, 0.2) is 0 Å². The van der Waals surface area contributed by atoms with Crippen LogP contribution in [0.2, 0.25) is 0 Å². The maximum Gasteiger partial charge on any atom is 0.242 e. The Morgan fingerprint density at radius 3 is 2.75 bits per heavy atom. The van der Waals surface area contributed by atoms with Crippen LogP contribution in [0.15, 0.2) is 53.7 Å². The number of pyridine rings is 1. The molecule has 20 heavy (non-hydrogen) atoms. The van der Waals surface area contributed by atoms with Crippen LogP contribution in [0, 0.1) is 0 Å². The predicted octanol–water partition coefficient (Wildman–Crippen LogP) is 2.26. The molecule has 0 amide bonds. The molecule has 2 aromatic rings. The van der Waals surface area contributed by atoms with E-state index in [1.807, 2.05) is 24.3 Å². The molecule has 1 heterocycles. The van der Waals surface area contributed by atoms with Gasteiger partial charge in [0.25, 0.3) is 0 Å². The summed E-state index contributed by atoms with van der Waals surface area (Å²) in [5.74, 6) is 0. The zero-order valence-corrected chi connectivity index (χ0v) is 12.1. The standard InChI is InChI=1S/C14H13ClN2O2S/c15-13-8-10-4-1-2-6-12(10)14(13)17-20(18,19)11-5-3-7-16-9-11/h1-7,9,13-14,17H,8H2. The molecule has 1 aliphatic carbocycles. The topological polar surface area (TPSA) is 59.1 Å². The maximum absolute atomic E-state index is 12.3. The third-order valence-corrected chi connectivity index (χ3v) is 5.23. The number of fused-ring (bicyclic) bond motifs is 1. The molecule has 6 heteroatoms. The second kappa shape index (κ2) is 5.16. The molecule has 0 aliphatic heterocycles. The van der Waals surface area contributed by atoms with Crippen LogP contribution in [-0.4, -0.2) is 18.8 Å². The summed E-state index contributed by atoms with van der Waals surface area (Å²) in [7, 11) is -3.62. The number of aromatic nitrogens is 1. The molecular weight excluding hydrogens is 296 g/mol. The molecule has 3 rings (SSSR count). The van der Waals surface area contributed by atoms with Crippen molar-refractivity contribution >= 4 is 21.6 Å². The summed E-state index contributed by atoms with van der Waals surface area (Å²) in [6.07, 6.45) is 3.53. The van der Waals surface area contributed by atoms with Crippen molar-refractivity contribution in [3.05, 3.63) is 59.9 Å². The highest BCUT2D eigenvalue weighted by Crippen LogP contribution is 2.35. The first kappa shape index (κ1) is 13.5. The van der Waals surface area contributed by atoms with Crippen molar-refractivity contribution in [1.82, 2.24) is 9.71 Å². The van der Waals surface area contributed by atoms with Crippen LogP contribution in [0.3, 0.4) is 0 Å². The minimum Gasteiger partial charge on any atom is -0.263 e. The predicted molar refractivity (Wildman–Crippen MR) is 77.1 cm³/mol. The molecule has 2 unspecified atom stereocenters. The lowest BCUT2D eigenvalue weighted by Crippen LogP contribution is -2.31. The average Bonchev–Trinajstić information content (AvgIpc) is 2.76. The summed E-state index contributed by atoms with van der Waals surface area (Å²) in [4.78, 5) is 3.98. The molecule has 0 spiro atoms. The fourth-order valence-electron chi connectivity index (χ4n) is 2.42. The molecule has 0 saturated carbocycles. The van der Waals surface area contributed by atoms with E-state index in [9.17, 15) is 8.42 Å². The highest BCUT2D eigenvalue weighted by Gasteiger charge is 2.34. The van der Waals surface area contributed by atoms with Gasteiger partial charge in [0, 0.05) is 12.4 Å². The van der Waals surface area contributed by atoms with Gasteiger partial charge in [-0.15, -0.1) is 11.6 Å². The number of hydrogen-bond acceptors (Lipinski definition) is 3. The van der Waals surface area contributed by atoms with E-state index >= 15 is 0 Å². The van der Waals surface area contributed by atoms with Crippen molar-refractivity contribution in [2.45, 2.75) is 22.7 Å². The van der Waals surface area contributed by atoms with Gasteiger partial charge < -0.3 is 0 Å². The van der Waals surface area contributed by atoms with Crippen molar-refractivity contribution in [2.24, 2.45) is 0 Å². The second-order valence-corrected chi connectivity index (χ2v) is 6.98. The fraction of sp³-hybridized carbons (Fsp3) is 0.214. The lowest BCUT2D eigenvalue weighted by atomic mass is 10.1. The number of hydrogen-bond donors (Lipinski definition) is 1. The Labute approximate surface area is 122 Å². The first-order valence-corrected chi connectivity index (χ1v) is 8.14. The Balaban J connectivity index is 1.92. The Hall–Kier alpha value is -1.43. The number of benzene rings is 1. The van der Waals surface area contributed by atoms with Crippen LogP contribution in [0.1, 0.15) is 17.2 Å². The number of halogens is 1. The second-order valence-electron chi connectivity index (χ2n) is 4.71. The van der Waals surface area contributed by atoms with Gasteiger partial charge >= 0.3 is 0 Å². The van der Waals surface area contributed by atoms with E-state index in [0.29, 0.717) is 6.42 Å². The van der Waals surface area contributed by atoms with E-state index < -0.39 is 16.1 Å². The third-order valence-electron chi connectivity index (χ3n) is 3.39. The first-order chi connectivity index (χ1) is 9.58. The van der Waals surface area contributed by atoms with Crippen LogP contribution < -0.4 is 4.72 Å². The lowest BCUT2D eigenvalue weighted by molar-refractivity contribution is 0.556. The van der Waals surface area contributed by atoms with Gasteiger partial charge in [0.2, 0.25) is 10.0 Å². The smallest absolute Gasteiger partial charge is 0.242 e. The first-order valence-electron chi connectivity index (χ1n) is 6.22. The average molecular weight is 309 g/mol. The van der Waals surface area contributed by atoms with Crippen LogP contribution in [-0.2, 0) is 16.4 Å². The van der Waals surface area contributed by atoms with Crippen LogP contribution in [0.5, 0.6) is 0 Å². The van der Waals surface area contributed by atoms with E-state index in [1.165, 1.54) is 18.5 Å². The molecule has 1 N–H and O–H groups in total. The van der Waals surface area contributed by atoms with Gasteiger partial charge in [0.1, 0.15) is 4.90 Å². The largest absolute Gasteiger partial charge is 0.263 e. The Bertz CT molecular complexity index is 719. The molecule has 1 aromatic carbocycles. The summed E-state index contributed by atoms with van der Waals surface area (Å²) in [5, 5.41) is -0.279. The molecule has 1 aromatic heterocycles. The number of alkyl halides is 1. The van der Waals surface area contributed by atoms with E-state index in [2.05, 4.69) is 9.71 Å². The SMILES string of the molecule is O=S(=O)(NC1c2ccccc2CC1Cl)c1cccnc1. The Kier molecular flexibility index (Phi) is 3.50. The van der Waals surface area contributed by atoms with E-state index in [0.717, 1.165) is 11.1 Å². The van der Waals surface area contributed by atoms with Gasteiger partial charge in [0.05, 0.1) is 11.4 Å². The maximum atomic E-state index is 12.3. The molecule has 0 bridgehead atoms. The van der Waals surface area contributed by atoms with Crippen molar-refractivity contribution < 1.29 is 8.42 Å². The van der Waals surface area contributed by atoms with Crippen molar-refractivity contribution in [1.29, 1.82) is 0 Å². The number of rotatable bonds is 3. The third kappa shape index (κ3) is 2.44. The zero-order valence-electron chi connectivity index (χ0n) is 10.5. The molecule has 0 saturated heterocycles. The quantitative estimate of drug-likeness (QED) is 0.885. The number of sulfonamides is 1. The zero-order chi connectivity index (χ0) is 14.2. The molecule has 2 atom stereocenters. The van der Waals surface area contributed by atoms with Crippen molar-refractivity contribution in [2.75, 3.05) is 0 Å². The Morgan fingerprint density at radius 1 is 1.20 bits per heavy atom. The number of nitrogens with zero attached hydrogens (tertiary/aromatic N) is 1. The van der Waals surface area contributed by atoms with Gasteiger partial charge in [-0.25, -0.2) is 13.1 Å². The van der Waals surface area contributed by atoms with Crippen LogP contribution in [0.25, 0.3) is 0 Å². The number of nitrogens with one attached hydrogen (secondary N) is 1. The summed E-state index contributed by atoms with van der Waals surface area (Å²) in [6.45, 7) is 0. The van der Waals surface area contributed by atoms with Gasteiger partial charge in [-0.05, 0) is 29.7 Å². The van der Waals surface area contributed by atoms with Crippen molar-refractivity contribution in [3.63, 3.8) is 0 Å². The lowest BCUT2D eigenvalue weighted by Gasteiger charge is -2.17. The minimum absolute atomic E-state index is 0.147. The molecular formula is C14H13ClN2O2S. The normalized spacial score (nSPS) is 21.6. The highest BCUT2D eigenvalue weighted by molar-refractivity contribution is 7.89. The van der Waals surface area contributed by atoms with Gasteiger partial charge in [-0.1, -0.05) is 24.3 Å². The van der Waals surface area contributed by atoms with Crippen LogP contribution >= 0.6 is 11.6 Å². The highest BCUT2D eigenvalue weighted by atomic mass is 35.5. The van der Waals surface area contributed by atoms with E-state index in [4.69, 9.17) is 11.6 Å². The fourth-order valence-corrected chi connectivity index (χ4v) is 4.08. The molecule has 4 nitrogen and oxygen atoms in total. The molecule has 0 fully saturated rings. The van der Waals surface area contributed by atoms with Gasteiger partial charge in [-0.2, -0.15) is 0 Å². The summed E-state index contributed by atoms with van der Waals surface area (Å²) < 4.78 is 27.3. The summed E-state index contributed by atoms with van der Waals surface area (Å²) >= 11 is 6.29. The Morgan fingerprint density at radius 2 is 2.00 bits per heavy atom. The van der Waals surface area contributed by atoms with Crippen LogP contribution in [0.4, 0.5) is 0 Å². The van der Waals surface area contributed by atoms with E-state index in [1.54, 1.807) is 6.07 Å². The molecule has 1 aliphatic rings. The monoisotopic (exact) mass is 308 g/mol. The van der Waals surface area contributed by atoms with Gasteiger partial charge in [-0.3, -0.25) is 4.98 Å².